The molecule has 0 fully saturated rings. The highest BCUT2D eigenvalue weighted by Gasteiger charge is 2.13. The van der Waals surface area contributed by atoms with E-state index in [-0.39, 0.29) is 24.4 Å². The first-order valence-electron chi connectivity index (χ1n) is 8.84. The van der Waals surface area contributed by atoms with Gasteiger partial charge in [0, 0.05) is 5.69 Å². The minimum atomic E-state index is -0.735. The molecule has 2 aromatic carbocycles. The lowest BCUT2D eigenvalue weighted by atomic mass is 10.1. The number of rotatable bonds is 8. The molecule has 0 spiro atoms. The van der Waals surface area contributed by atoms with Gasteiger partial charge in [0.05, 0.1) is 19.1 Å². The van der Waals surface area contributed by atoms with E-state index in [2.05, 4.69) is 15.4 Å². The smallest absolute Gasteiger partial charge is 0.337 e. The molecule has 2 rings (SSSR count). The van der Waals surface area contributed by atoms with Crippen molar-refractivity contribution in [1.29, 1.82) is 0 Å². The Morgan fingerprint density at radius 1 is 0.966 bits per heavy atom. The van der Waals surface area contributed by atoms with Crippen LogP contribution in [0.4, 0.5) is 5.69 Å². The number of anilines is 1. The van der Waals surface area contributed by atoms with E-state index in [0.29, 0.717) is 5.69 Å². The van der Waals surface area contributed by atoms with E-state index in [1.54, 1.807) is 31.2 Å². The minimum absolute atomic E-state index is 0.143. The van der Waals surface area contributed by atoms with Gasteiger partial charge in [-0.3, -0.25) is 14.4 Å². The van der Waals surface area contributed by atoms with E-state index < -0.39 is 24.5 Å². The molecule has 2 aromatic rings. The second-order valence-electron chi connectivity index (χ2n) is 6.17. The van der Waals surface area contributed by atoms with Crippen molar-refractivity contribution in [1.82, 2.24) is 5.32 Å². The van der Waals surface area contributed by atoms with Gasteiger partial charge in [0.2, 0.25) is 5.91 Å². The van der Waals surface area contributed by atoms with Crippen molar-refractivity contribution in [2.24, 2.45) is 0 Å². The van der Waals surface area contributed by atoms with Crippen LogP contribution in [0.1, 0.15) is 21.5 Å². The Morgan fingerprint density at radius 3 is 2.38 bits per heavy atom. The summed E-state index contributed by atoms with van der Waals surface area (Å²) in [6.45, 7) is 0.899. The molecular formula is C21H22N2O6. The third-order valence-corrected chi connectivity index (χ3v) is 3.93. The van der Waals surface area contributed by atoms with Gasteiger partial charge in [-0.2, -0.15) is 0 Å². The quantitative estimate of drug-likeness (QED) is 0.654. The van der Waals surface area contributed by atoms with Crippen molar-refractivity contribution in [3.8, 4) is 0 Å². The fourth-order valence-electron chi connectivity index (χ4n) is 2.40. The van der Waals surface area contributed by atoms with Gasteiger partial charge in [0.15, 0.2) is 6.61 Å². The SMILES string of the molecule is COC(=O)c1ccc(C)c(NC(=O)COC(=O)CNC(=O)Cc2ccccc2)c1. The van der Waals surface area contributed by atoms with Crippen molar-refractivity contribution >= 4 is 29.4 Å². The van der Waals surface area contributed by atoms with Gasteiger partial charge in [0.1, 0.15) is 6.54 Å². The lowest BCUT2D eigenvalue weighted by Gasteiger charge is -2.11. The molecule has 0 unspecified atom stereocenters. The topological polar surface area (TPSA) is 111 Å². The molecule has 2 N–H and O–H groups in total. The Balaban J connectivity index is 1.76. The zero-order valence-electron chi connectivity index (χ0n) is 16.2. The van der Waals surface area contributed by atoms with Gasteiger partial charge in [-0.1, -0.05) is 36.4 Å². The second-order valence-corrected chi connectivity index (χ2v) is 6.17. The summed E-state index contributed by atoms with van der Waals surface area (Å²) in [6, 6.07) is 13.8. The van der Waals surface area contributed by atoms with Crippen molar-refractivity contribution in [3.05, 3.63) is 65.2 Å². The standard InChI is InChI=1S/C21H22N2O6/c1-14-8-9-16(21(27)28-2)11-17(14)23-19(25)13-29-20(26)12-22-18(24)10-15-6-4-3-5-7-15/h3-9,11H,10,12-13H2,1-2H3,(H,22,24)(H,23,25). The third kappa shape index (κ3) is 7.10. The van der Waals surface area contributed by atoms with Crippen LogP contribution in [-0.4, -0.2) is 44.0 Å². The minimum Gasteiger partial charge on any atom is -0.465 e. The molecule has 0 bridgehead atoms. The number of benzene rings is 2. The highest BCUT2D eigenvalue weighted by molar-refractivity contribution is 5.96. The van der Waals surface area contributed by atoms with Crippen molar-refractivity contribution in [3.63, 3.8) is 0 Å². The van der Waals surface area contributed by atoms with Crippen molar-refractivity contribution < 1.29 is 28.7 Å². The fraction of sp³-hybridized carbons (Fsp3) is 0.238. The van der Waals surface area contributed by atoms with E-state index in [9.17, 15) is 19.2 Å². The predicted molar refractivity (Wildman–Crippen MR) is 105 cm³/mol. The molecule has 0 atom stereocenters. The maximum atomic E-state index is 12.0. The van der Waals surface area contributed by atoms with Gasteiger partial charge in [0.25, 0.3) is 5.91 Å². The summed E-state index contributed by atoms with van der Waals surface area (Å²) in [7, 11) is 1.26. The predicted octanol–water partition coefficient (Wildman–Crippen LogP) is 1.62. The first-order valence-corrected chi connectivity index (χ1v) is 8.84. The maximum absolute atomic E-state index is 12.0. The molecular weight excluding hydrogens is 376 g/mol. The van der Waals surface area contributed by atoms with E-state index >= 15 is 0 Å². The highest BCUT2D eigenvalue weighted by atomic mass is 16.5. The van der Waals surface area contributed by atoms with E-state index in [0.717, 1.165) is 11.1 Å². The zero-order valence-corrected chi connectivity index (χ0v) is 16.2. The van der Waals surface area contributed by atoms with Crippen LogP contribution >= 0.6 is 0 Å². The molecule has 8 nitrogen and oxygen atoms in total. The number of carbonyl (C=O) groups is 4. The number of aryl methyl sites for hydroxylation is 1. The number of hydrogen-bond acceptors (Lipinski definition) is 6. The Kier molecular flexibility index (Phi) is 7.90. The van der Waals surface area contributed by atoms with Crippen LogP contribution in [0.25, 0.3) is 0 Å². The molecule has 0 aliphatic rings. The number of hydrogen-bond donors (Lipinski definition) is 2. The average Bonchev–Trinajstić information content (AvgIpc) is 2.72. The number of methoxy groups -OCH3 is 1. The summed E-state index contributed by atoms with van der Waals surface area (Å²) in [6.07, 6.45) is 0.143. The van der Waals surface area contributed by atoms with E-state index in [1.165, 1.54) is 13.2 Å². The molecule has 0 heterocycles. The summed E-state index contributed by atoms with van der Waals surface area (Å²) in [5.41, 5.74) is 2.24. The van der Waals surface area contributed by atoms with Gasteiger partial charge in [-0.25, -0.2) is 4.79 Å². The van der Waals surface area contributed by atoms with Crippen LogP contribution in [0, 0.1) is 6.92 Å². The lowest BCUT2D eigenvalue weighted by molar-refractivity contribution is -0.147. The number of esters is 2. The first-order chi connectivity index (χ1) is 13.9. The van der Waals surface area contributed by atoms with E-state index in [1.807, 2.05) is 18.2 Å². The Labute approximate surface area is 168 Å². The molecule has 152 valence electrons. The normalized spacial score (nSPS) is 10.0. The number of nitrogens with one attached hydrogen (secondary N) is 2. The molecule has 2 amide bonds. The molecule has 0 saturated heterocycles. The molecule has 29 heavy (non-hydrogen) atoms. The number of carbonyl (C=O) groups excluding carboxylic acids is 4. The number of amides is 2. The Bertz CT molecular complexity index is 895. The molecule has 0 aromatic heterocycles. The van der Waals surface area contributed by atoms with Crippen molar-refractivity contribution in [2.75, 3.05) is 25.6 Å². The average molecular weight is 398 g/mol. The molecule has 0 radical (unpaired) electrons. The van der Waals surface area contributed by atoms with Gasteiger partial charge < -0.3 is 20.1 Å². The highest BCUT2D eigenvalue weighted by Crippen LogP contribution is 2.17. The van der Waals surface area contributed by atoms with Crippen LogP contribution in [0.2, 0.25) is 0 Å². The summed E-state index contributed by atoms with van der Waals surface area (Å²) >= 11 is 0. The molecule has 0 aliphatic heterocycles. The van der Waals surface area contributed by atoms with Crippen LogP contribution in [0.3, 0.4) is 0 Å². The molecule has 0 aliphatic carbocycles. The second kappa shape index (κ2) is 10.6. The van der Waals surface area contributed by atoms with Gasteiger partial charge >= 0.3 is 11.9 Å². The summed E-state index contributed by atoms with van der Waals surface area (Å²) in [4.78, 5) is 47.1. The van der Waals surface area contributed by atoms with Crippen LogP contribution in [0.15, 0.2) is 48.5 Å². The molecule has 0 saturated carbocycles. The maximum Gasteiger partial charge on any atom is 0.337 e. The Morgan fingerprint density at radius 2 is 1.69 bits per heavy atom. The molecule has 8 heteroatoms. The zero-order chi connectivity index (χ0) is 21.2. The summed E-state index contributed by atoms with van der Waals surface area (Å²) in [5.74, 6) is -2.16. The first kappa shape index (κ1) is 21.6. The lowest BCUT2D eigenvalue weighted by Crippen LogP contribution is -2.33. The van der Waals surface area contributed by atoms with Crippen LogP contribution in [0.5, 0.6) is 0 Å². The van der Waals surface area contributed by atoms with Crippen LogP contribution < -0.4 is 10.6 Å². The Hall–Kier alpha value is -3.68. The van der Waals surface area contributed by atoms with Crippen molar-refractivity contribution in [2.45, 2.75) is 13.3 Å². The third-order valence-electron chi connectivity index (χ3n) is 3.93. The van der Waals surface area contributed by atoms with Gasteiger partial charge in [-0.05, 0) is 30.2 Å². The summed E-state index contributed by atoms with van der Waals surface area (Å²) in [5, 5.41) is 5.01. The van der Waals surface area contributed by atoms with Gasteiger partial charge in [-0.15, -0.1) is 0 Å². The van der Waals surface area contributed by atoms with E-state index in [4.69, 9.17) is 4.74 Å². The number of ether oxygens (including phenoxy) is 2. The van der Waals surface area contributed by atoms with Crippen LogP contribution in [-0.2, 0) is 30.3 Å². The largest absolute Gasteiger partial charge is 0.465 e. The summed E-state index contributed by atoms with van der Waals surface area (Å²) < 4.78 is 9.50. The fourth-order valence-corrected chi connectivity index (χ4v) is 2.40. The monoisotopic (exact) mass is 398 g/mol.